The molecule has 0 aliphatic carbocycles. The van der Waals surface area contributed by atoms with Crippen molar-refractivity contribution in [3.05, 3.63) is 35.9 Å². The molecule has 2 rings (SSSR count). The third-order valence-corrected chi connectivity index (χ3v) is 3.38. The number of hydrogen-bond donors (Lipinski definition) is 1. The van der Waals surface area contributed by atoms with Crippen LogP contribution in [0.25, 0.3) is 0 Å². The summed E-state index contributed by atoms with van der Waals surface area (Å²) in [5, 5.41) is 4.24. The molecule has 114 valence electrons. The number of methoxy groups -OCH3 is 2. The number of nitrogens with two attached hydrogens (primary N) is 1. The van der Waals surface area contributed by atoms with Gasteiger partial charge in [-0.25, -0.2) is 9.67 Å². The minimum absolute atomic E-state index is 0.245. The Kier molecular flexibility index (Phi) is 4.80. The second kappa shape index (κ2) is 6.58. The Balaban J connectivity index is 2.32. The minimum atomic E-state index is -0.280. The maximum Gasteiger partial charge on any atom is 0.138 e. The molecule has 1 aromatic carbocycles. The van der Waals surface area contributed by atoms with Crippen LogP contribution >= 0.6 is 0 Å². The van der Waals surface area contributed by atoms with E-state index in [0.29, 0.717) is 6.42 Å². The smallest absolute Gasteiger partial charge is 0.138 e. The number of hydrogen-bond acceptors (Lipinski definition) is 5. The maximum absolute atomic E-state index is 6.37. The van der Waals surface area contributed by atoms with Gasteiger partial charge in [-0.2, -0.15) is 5.10 Å². The highest BCUT2D eigenvalue weighted by Gasteiger charge is 2.20. The van der Waals surface area contributed by atoms with Crippen molar-refractivity contribution in [1.82, 2.24) is 14.8 Å². The molecule has 6 nitrogen and oxygen atoms in total. The Labute approximate surface area is 124 Å². The van der Waals surface area contributed by atoms with Gasteiger partial charge in [-0.15, -0.1) is 0 Å². The highest BCUT2D eigenvalue weighted by molar-refractivity contribution is 5.47. The number of nitrogens with zero attached hydrogens (tertiary/aromatic N) is 3. The number of rotatable bonds is 6. The second-order valence-electron chi connectivity index (χ2n) is 5.10. The summed E-state index contributed by atoms with van der Waals surface area (Å²) in [6, 6.07) is 5.60. The van der Waals surface area contributed by atoms with Gasteiger partial charge in [-0.1, -0.05) is 6.07 Å². The van der Waals surface area contributed by atoms with Gasteiger partial charge in [0, 0.05) is 18.5 Å². The van der Waals surface area contributed by atoms with Gasteiger partial charge in [-0.05, 0) is 26.0 Å². The SMILES string of the molecule is COc1cccc(OC)c1C(N)Cc1ncnn1C(C)C. The van der Waals surface area contributed by atoms with Crippen molar-refractivity contribution in [2.75, 3.05) is 14.2 Å². The standard InChI is InChI=1S/C15H22N4O2/c1-10(2)19-14(17-9-18-19)8-11(16)15-12(20-3)6-5-7-13(15)21-4/h5-7,9-11H,8,16H2,1-4H3. The fourth-order valence-corrected chi connectivity index (χ4v) is 2.40. The van der Waals surface area contributed by atoms with Crippen molar-refractivity contribution < 1.29 is 9.47 Å². The quantitative estimate of drug-likeness (QED) is 0.882. The lowest BCUT2D eigenvalue weighted by atomic mass is 10.0. The van der Waals surface area contributed by atoms with Gasteiger partial charge < -0.3 is 15.2 Å². The summed E-state index contributed by atoms with van der Waals surface area (Å²) < 4.78 is 12.7. The Morgan fingerprint density at radius 1 is 1.19 bits per heavy atom. The first-order valence-electron chi connectivity index (χ1n) is 6.93. The Morgan fingerprint density at radius 3 is 2.33 bits per heavy atom. The van der Waals surface area contributed by atoms with E-state index in [2.05, 4.69) is 23.9 Å². The number of ether oxygens (including phenoxy) is 2. The monoisotopic (exact) mass is 290 g/mol. The van der Waals surface area contributed by atoms with Crippen LogP contribution in [0.15, 0.2) is 24.5 Å². The highest BCUT2D eigenvalue weighted by Crippen LogP contribution is 2.34. The van der Waals surface area contributed by atoms with Crippen LogP contribution in [0.5, 0.6) is 11.5 Å². The average molecular weight is 290 g/mol. The molecule has 21 heavy (non-hydrogen) atoms. The van der Waals surface area contributed by atoms with Gasteiger partial charge in [0.15, 0.2) is 0 Å². The highest BCUT2D eigenvalue weighted by atomic mass is 16.5. The largest absolute Gasteiger partial charge is 0.496 e. The van der Waals surface area contributed by atoms with E-state index < -0.39 is 0 Å². The minimum Gasteiger partial charge on any atom is -0.496 e. The Bertz CT molecular complexity index is 573. The molecule has 0 spiro atoms. The van der Waals surface area contributed by atoms with Crippen LogP contribution in [0.2, 0.25) is 0 Å². The van der Waals surface area contributed by atoms with Gasteiger partial charge in [0.1, 0.15) is 23.7 Å². The predicted octanol–water partition coefficient (Wildman–Crippen LogP) is 2.12. The van der Waals surface area contributed by atoms with Gasteiger partial charge in [-0.3, -0.25) is 0 Å². The molecular weight excluding hydrogens is 268 g/mol. The van der Waals surface area contributed by atoms with Crippen molar-refractivity contribution in [3.8, 4) is 11.5 Å². The first-order valence-corrected chi connectivity index (χ1v) is 6.93. The van der Waals surface area contributed by atoms with Crippen LogP contribution in [0.1, 0.15) is 37.3 Å². The van der Waals surface area contributed by atoms with Gasteiger partial charge in [0.25, 0.3) is 0 Å². The Hall–Kier alpha value is -2.08. The summed E-state index contributed by atoms with van der Waals surface area (Å²) >= 11 is 0. The fraction of sp³-hybridized carbons (Fsp3) is 0.467. The van der Waals surface area contributed by atoms with Crippen LogP contribution in [-0.2, 0) is 6.42 Å². The summed E-state index contributed by atoms with van der Waals surface area (Å²) in [5.41, 5.74) is 7.21. The molecule has 0 saturated heterocycles. The van der Waals surface area contributed by atoms with Crippen LogP contribution in [0, 0.1) is 0 Å². The van der Waals surface area contributed by atoms with Crippen LogP contribution in [-0.4, -0.2) is 29.0 Å². The first kappa shape index (κ1) is 15.3. The zero-order chi connectivity index (χ0) is 15.4. The molecule has 0 aliphatic heterocycles. The van der Waals surface area contributed by atoms with E-state index in [-0.39, 0.29) is 12.1 Å². The van der Waals surface area contributed by atoms with Gasteiger partial charge in [0.05, 0.1) is 19.8 Å². The van der Waals surface area contributed by atoms with E-state index in [0.717, 1.165) is 22.9 Å². The molecule has 1 unspecified atom stereocenters. The van der Waals surface area contributed by atoms with Crippen molar-refractivity contribution in [2.45, 2.75) is 32.4 Å². The van der Waals surface area contributed by atoms with E-state index in [4.69, 9.17) is 15.2 Å². The van der Waals surface area contributed by atoms with E-state index in [1.165, 1.54) is 0 Å². The lowest BCUT2D eigenvalue weighted by Gasteiger charge is -2.19. The summed E-state index contributed by atoms with van der Waals surface area (Å²) in [7, 11) is 3.25. The molecule has 1 heterocycles. The maximum atomic E-state index is 6.37. The molecule has 6 heteroatoms. The molecule has 0 saturated carbocycles. The van der Waals surface area contributed by atoms with Crippen molar-refractivity contribution in [2.24, 2.45) is 5.73 Å². The lowest BCUT2D eigenvalue weighted by molar-refractivity contribution is 0.377. The normalized spacial score (nSPS) is 12.5. The molecule has 1 atom stereocenters. The molecule has 0 radical (unpaired) electrons. The van der Waals surface area contributed by atoms with E-state index in [9.17, 15) is 0 Å². The topological polar surface area (TPSA) is 75.2 Å². The average Bonchev–Trinajstić information content (AvgIpc) is 2.94. The van der Waals surface area contributed by atoms with Crippen molar-refractivity contribution >= 4 is 0 Å². The van der Waals surface area contributed by atoms with Gasteiger partial charge in [0.2, 0.25) is 0 Å². The second-order valence-corrected chi connectivity index (χ2v) is 5.10. The molecule has 0 bridgehead atoms. The zero-order valence-electron chi connectivity index (χ0n) is 12.9. The summed E-state index contributed by atoms with van der Waals surface area (Å²) in [4.78, 5) is 4.30. The Morgan fingerprint density at radius 2 is 1.81 bits per heavy atom. The summed E-state index contributed by atoms with van der Waals surface area (Å²) in [5.74, 6) is 2.29. The molecule has 0 aliphatic rings. The zero-order valence-corrected chi connectivity index (χ0v) is 12.9. The van der Waals surface area contributed by atoms with Crippen molar-refractivity contribution in [1.29, 1.82) is 0 Å². The van der Waals surface area contributed by atoms with E-state index in [1.807, 2.05) is 22.9 Å². The van der Waals surface area contributed by atoms with Gasteiger partial charge >= 0.3 is 0 Å². The summed E-state index contributed by atoms with van der Waals surface area (Å²) in [6.45, 7) is 4.13. The predicted molar refractivity (Wildman–Crippen MR) is 80.6 cm³/mol. The van der Waals surface area contributed by atoms with Crippen LogP contribution < -0.4 is 15.2 Å². The first-order chi connectivity index (χ1) is 10.1. The van der Waals surface area contributed by atoms with E-state index >= 15 is 0 Å². The molecule has 0 fully saturated rings. The number of benzene rings is 1. The molecule has 1 aromatic heterocycles. The van der Waals surface area contributed by atoms with E-state index in [1.54, 1.807) is 20.5 Å². The molecule has 0 amide bonds. The lowest BCUT2D eigenvalue weighted by Crippen LogP contribution is -2.19. The molecular formula is C15H22N4O2. The summed E-state index contributed by atoms with van der Waals surface area (Å²) in [6.07, 6.45) is 2.12. The third kappa shape index (κ3) is 3.16. The van der Waals surface area contributed by atoms with Crippen LogP contribution in [0.4, 0.5) is 0 Å². The molecule has 2 aromatic rings. The van der Waals surface area contributed by atoms with Crippen molar-refractivity contribution in [3.63, 3.8) is 0 Å². The fourth-order valence-electron chi connectivity index (χ4n) is 2.40. The number of aromatic nitrogens is 3. The molecule has 2 N–H and O–H groups in total. The third-order valence-electron chi connectivity index (χ3n) is 3.38. The van der Waals surface area contributed by atoms with Crippen LogP contribution in [0.3, 0.4) is 0 Å².